The van der Waals surface area contributed by atoms with Gasteiger partial charge in [-0.05, 0) is 55.1 Å². The van der Waals surface area contributed by atoms with Gasteiger partial charge in [-0.1, -0.05) is 65.0 Å². The molecule has 3 atom stereocenters. The second kappa shape index (κ2) is 11.6. The summed E-state index contributed by atoms with van der Waals surface area (Å²) in [6.45, 7) is 9.92. The molecule has 6 nitrogen and oxygen atoms in total. The molecule has 0 spiro atoms. The number of benzene rings is 1. The number of fused-ring (bicyclic) bond motifs is 1. The zero-order valence-corrected chi connectivity index (χ0v) is 21.4. The Kier molecular flexibility index (Phi) is 9.60. The van der Waals surface area contributed by atoms with E-state index in [1.807, 2.05) is 49.1 Å². The Morgan fingerprint density at radius 2 is 1.91 bits per heavy atom. The van der Waals surface area contributed by atoms with Gasteiger partial charge in [0, 0.05) is 29.4 Å². The third kappa shape index (κ3) is 6.28. The van der Waals surface area contributed by atoms with E-state index in [0.717, 1.165) is 43.1 Å². The Labute approximate surface area is 214 Å². The van der Waals surface area contributed by atoms with Crippen molar-refractivity contribution < 1.29 is 15.1 Å². The Morgan fingerprint density at radius 1 is 1.20 bits per heavy atom. The molecule has 1 aliphatic heterocycles. The number of para-hydroxylation sites is 1. The fourth-order valence-corrected chi connectivity index (χ4v) is 5.69. The number of aromatic nitrogens is 1. The van der Waals surface area contributed by atoms with E-state index >= 15 is 0 Å². The van der Waals surface area contributed by atoms with Crippen LogP contribution in [0.2, 0.25) is 0 Å². The highest BCUT2D eigenvalue weighted by atomic mass is 35.5. The number of halogens is 1. The smallest absolute Gasteiger partial charge is 0.268 e. The van der Waals surface area contributed by atoms with E-state index in [-0.39, 0.29) is 41.4 Å². The minimum absolute atomic E-state index is 0. The molecule has 2 aromatic rings. The van der Waals surface area contributed by atoms with Gasteiger partial charge in [0.1, 0.15) is 11.7 Å². The first-order valence-corrected chi connectivity index (χ1v) is 12.6. The summed E-state index contributed by atoms with van der Waals surface area (Å²) in [4.78, 5) is 31.7. The molecule has 1 aromatic heterocycles. The second-order valence-corrected chi connectivity index (χ2v) is 11.3. The van der Waals surface area contributed by atoms with E-state index in [0.29, 0.717) is 18.2 Å². The van der Waals surface area contributed by atoms with E-state index in [2.05, 4.69) is 30.2 Å². The molecule has 7 heteroatoms. The molecular weight excluding hydrogens is 462 g/mol. The molecule has 1 aliphatic carbocycles. The van der Waals surface area contributed by atoms with Crippen LogP contribution in [0.4, 0.5) is 0 Å². The molecule has 4 rings (SSSR count). The van der Waals surface area contributed by atoms with E-state index in [1.54, 1.807) is 0 Å². The molecule has 2 aliphatic rings. The Morgan fingerprint density at radius 3 is 2.51 bits per heavy atom. The zero-order valence-electron chi connectivity index (χ0n) is 20.7. The van der Waals surface area contributed by atoms with Crippen molar-refractivity contribution in [2.75, 3.05) is 13.1 Å². The number of piperidine rings is 1. The highest BCUT2D eigenvalue weighted by Gasteiger charge is 2.41. The molecule has 1 fully saturated rings. The average molecular weight is 504 g/mol. The van der Waals surface area contributed by atoms with Crippen molar-refractivity contribution in [3.8, 4) is 0 Å². The maximum absolute atomic E-state index is 13.6. The van der Waals surface area contributed by atoms with Gasteiger partial charge in [0.15, 0.2) is 0 Å². The van der Waals surface area contributed by atoms with Crippen molar-refractivity contribution in [1.82, 2.24) is 15.2 Å². The van der Waals surface area contributed by atoms with Crippen LogP contribution < -0.4 is 5.32 Å². The van der Waals surface area contributed by atoms with Gasteiger partial charge in [-0.2, -0.15) is 0 Å². The Balaban J connectivity index is 0.00000216. The number of carbonyl (C=O) groups excluding carboxylic acids is 2. The number of amides is 2. The quantitative estimate of drug-likeness (QED) is 0.426. The zero-order chi connectivity index (χ0) is 23.8. The van der Waals surface area contributed by atoms with Gasteiger partial charge in [0.25, 0.3) is 5.91 Å². The third-order valence-electron chi connectivity index (χ3n) is 7.36. The highest BCUT2D eigenvalue weighted by molar-refractivity contribution is 6.20. The lowest BCUT2D eigenvalue weighted by Crippen LogP contribution is -2.56. The molecule has 0 radical (unpaired) electrons. The largest absolute Gasteiger partial charge is 0.412 e. The maximum atomic E-state index is 13.6. The first kappa shape index (κ1) is 28.9. The summed E-state index contributed by atoms with van der Waals surface area (Å²) in [6.07, 6.45) is 6.34. The van der Waals surface area contributed by atoms with E-state index in [9.17, 15) is 9.59 Å². The molecule has 194 valence electrons. The molecule has 2 amide bonds. The molecule has 1 unspecified atom stereocenters. The van der Waals surface area contributed by atoms with Crippen molar-refractivity contribution in [3.63, 3.8) is 0 Å². The number of aromatic amines is 1. The van der Waals surface area contributed by atoms with Crippen LogP contribution in [0.5, 0.6) is 0 Å². The first-order valence-electron chi connectivity index (χ1n) is 12.2. The monoisotopic (exact) mass is 503 g/mol. The SMILES string of the molecule is C.CC(C)[C@@H](NC(=O)c1cc2ccccc2[nH]1)C(=O)N1CC[C@H](C2=CCC(Cl)CC2)C(C)(C)C1.O. The first-order chi connectivity index (χ1) is 15.7. The van der Waals surface area contributed by atoms with Gasteiger partial charge in [-0.3, -0.25) is 9.59 Å². The van der Waals surface area contributed by atoms with Gasteiger partial charge in [0.05, 0.1) is 0 Å². The van der Waals surface area contributed by atoms with Gasteiger partial charge in [-0.15, -0.1) is 11.6 Å². The Bertz CT molecular complexity index is 1030. The van der Waals surface area contributed by atoms with E-state index in [1.165, 1.54) is 5.57 Å². The minimum Gasteiger partial charge on any atom is -0.412 e. The number of carbonyl (C=O) groups is 2. The van der Waals surface area contributed by atoms with Crippen LogP contribution in [0.15, 0.2) is 42.0 Å². The minimum atomic E-state index is -0.554. The van der Waals surface area contributed by atoms with Crippen molar-refractivity contribution >= 4 is 34.3 Å². The lowest BCUT2D eigenvalue weighted by atomic mass is 9.68. The fraction of sp³-hybridized carbons (Fsp3) is 0.571. The molecule has 2 heterocycles. The standard InChI is InChI=1S/C27H36ClN3O2.CH4.H2O/c1-17(2)24(30-25(32)23-15-19-7-5-6-8-22(19)29-23)26(33)31-14-13-21(27(3,4)16-31)18-9-11-20(28)12-10-18;;/h5-9,15,17,20-21,24,29H,10-14,16H2,1-4H3,(H,30,32);1H4;1H2/t20?,21-,24-;;/m1../s1. The fourth-order valence-electron chi connectivity index (χ4n) is 5.50. The van der Waals surface area contributed by atoms with Gasteiger partial charge in [-0.25, -0.2) is 0 Å². The third-order valence-corrected chi connectivity index (χ3v) is 7.76. The lowest BCUT2D eigenvalue weighted by molar-refractivity contribution is -0.138. The summed E-state index contributed by atoms with van der Waals surface area (Å²) < 4.78 is 0. The summed E-state index contributed by atoms with van der Waals surface area (Å²) in [5.74, 6) is 0.243. The predicted molar refractivity (Wildman–Crippen MR) is 145 cm³/mol. The van der Waals surface area contributed by atoms with E-state index < -0.39 is 6.04 Å². The number of allylic oxidation sites excluding steroid dienone is 2. The van der Waals surface area contributed by atoms with Crippen LogP contribution in [0.1, 0.15) is 71.3 Å². The number of nitrogens with zero attached hydrogens (tertiary/aromatic N) is 1. The highest BCUT2D eigenvalue weighted by Crippen LogP contribution is 2.43. The van der Waals surface area contributed by atoms with E-state index in [4.69, 9.17) is 11.6 Å². The second-order valence-electron chi connectivity index (χ2n) is 10.7. The van der Waals surface area contributed by atoms with Crippen molar-refractivity contribution in [1.29, 1.82) is 0 Å². The Hall–Kier alpha value is -2.31. The van der Waals surface area contributed by atoms with Crippen molar-refractivity contribution in [2.24, 2.45) is 17.3 Å². The number of H-pyrrole nitrogens is 1. The molecule has 1 aromatic carbocycles. The number of hydrogen-bond donors (Lipinski definition) is 2. The van der Waals surface area contributed by atoms with Crippen LogP contribution in [0.3, 0.4) is 0 Å². The molecule has 1 saturated heterocycles. The maximum Gasteiger partial charge on any atom is 0.268 e. The number of nitrogens with one attached hydrogen (secondary N) is 2. The normalized spacial score (nSPS) is 22.6. The topological polar surface area (TPSA) is 96.7 Å². The van der Waals surface area contributed by atoms with Crippen LogP contribution >= 0.6 is 11.6 Å². The molecule has 0 saturated carbocycles. The number of rotatable bonds is 5. The van der Waals surface area contributed by atoms with Crippen LogP contribution in [-0.4, -0.2) is 51.7 Å². The summed E-state index contributed by atoms with van der Waals surface area (Å²) in [5.41, 5.74) is 2.89. The predicted octanol–water partition coefficient (Wildman–Crippen LogP) is 5.33. The average Bonchev–Trinajstić information content (AvgIpc) is 3.21. The van der Waals surface area contributed by atoms with Crippen molar-refractivity contribution in [2.45, 2.75) is 72.2 Å². The molecular formula is C28H42ClN3O3. The molecule has 35 heavy (non-hydrogen) atoms. The summed E-state index contributed by atoms with van der Waals surface area (Å²) >= 11 is 6.30. The summed E-state index contributed by atoms with van der Waals surface area (Å²) in [6, 6.07) is 9.07. The van der Waals surface area contributed by atoms with Gasteiger partial charge < -0.3 is 20.7 Å². The van der Waals surface area contributed by atoms with Crippen molar-refractivity contribution in [3.05, 3.63) is 47.7 Å². The molecule has 4 N–H and O–H groups in total. The lowest BCUT2D eigenvalue weighted by Gasteiger charge is -2.47. The number of alkyl halides is 1. The van der Waals surface area contributed by atoms with Crippen LogP contribution in [-0.2, 0) is 4.79 Å². The molecule has 0 bridgehead atoms. The summed E-state index contributed by atoms with van der Waals surface area (Å²) in [5, 5.41) is 4.25. The summed E-state index contributed by atoms with van der Waals surface area (Å²) in [7, 11) is 0. The number of likely N-dealkylation sites (tertiary alicyclic amines) is 1. The van der Waals surface area contributed by atoms with Gasteiger partial charge in [0.2, 0.25) is 5.91 Å². The number of hydrogen-bond acceptors (Lipinski definition) is 2. The van der Waals surface area contributed by atoms with Gasteiger partial charge >= 0.3 is 0 Å². The van der Waals surface area contributed by atoms with Crippen LogP contribution in [0.25, 0.3) is 10.9 Å². The van der Waals surface area contributed by atoms with Crippen LogP contribution in [0, 0.1) is 17.3 Å².